The van der Waals surface area contributed by atoms with E-state index in [1.807, 2.05) is 6.07 Å². The molecule has 19 heavy (non-hydrogen) atoms. The zero-order chi connectivity index (χ0) is 13.2. The van der Waals surface area contributed by atoms with Crippen LogP contribution in [-0.4, -0.2) is 11.0 Å². The Morgan fingerprint density at radius 1 is 1.05 bits per heavy atom. The third kappa shape index (κ3) is 2.57. The molecule has 0 atom stereocenters. The lowest BCUT2D eigenvalue weighted by molar-refractivity contribution is -0.386. The van der Waals surface area contributed by atoms with Gasteiger partial charge < -0.3 is 4.74 Å². The minimum Gasteiger partial charge on any atom is -0.483 e. The molecule has 0 aromatic heterocycles. The first kappa shape index (κ1) is 12.5. The average molecular weight is 261 g/mol. The molecular weight excluding hydrogens is 242 g/mol. The van der Waals surface area contributed by atoms with Gasteiger partial charge in [0.15, 0.2) is 5.75 Å². The molecule has 1 aromatic rings. The normalized spacial score (nSPS) is 19.2. The standard InChI is InChI=1S/C15H19NO3/c17-16(18)14-9-11-5-4-6-12(11)10-15(14)19-13-7-2-1-3-8-13/h9-10,13H,1-8H2. The summed E-state index contributed by atoms with van der Waals surface area (Å²) in [5.74, 6) is 0.484. The summed E-state index contributed by atoms with van der Waals surface area (Å²) in [4.78, 5) is 10.9. The number of benzene rings is 1. The van der Waals surface area contributed by atoms with Crippen molar-refractivity contribution in [1.29, 1.82) is 0 Å². The van der Waals surface area contributed by atoms with Gasteiger partial charge in [0, 0.05) is 6.07 Å². The SMILES string of the molecule is O=[N+]([O-])c1cc2c(cc1OC1CCCCC1)CCC2. The maximum atomic E-state index is 11.2. The van der Waals surface area contributed by atoms with Crippen LogP contribution in [-0.2, 0) is 12.8 Å². The van der Waals surface area contributed by atoms with E-state index in [0.29, 0.717) is 5.75 Å². The number of fused-ring (bicyclic) bond motifs is 1. The molecule has 2 aliphatic carbocycles. The summed E-state index contributed by atoms with van der Waals surface area (Å²) in [5, 5.41) is 11.2. The van der Waals surface area contributed by atoms with Crippen molar-refractivity contribution >= 4 is 5.69 Å². The molecule has 0 amide bonds. The van der Waals surface area contributed by atoms with Crippen LogP contribution in [0, 0.1) is 10.1 Å². The lowest BCUT2D eigenvalue weighted by Gasteiger charge is -2.23. The summed E-state index contributed by atoms with van der Waals surface area (Å²) in [6.07, 6.45) is 8.88. The molecule has 0 aliphatic heterocycles. The van der Waals surface area contributed by atoms with E-state index in [4.69, 9.17) is 4.74 Å². The molecule has 0 saturated heterocycles. The molecule has 4 nitrogen and oxygen atoms in total. The van der Waals surface area contributed by atoms with Crippen molar-refractivity contribution in [3.63, 3.8) is 0 Å². The smallest absolute Gasteiger partial charge is 0.311 e. The number of nitrogens with zero attached hydrogens (tertiary/aromatic N) is 1. The lowest BCUT2D eigenvalue weighted by atomic mass is 9.97. The number of hydrogen-bond acceptors (Lipinski definition) is 3. The molecule has 0 bridgehead atoms. The van der Waals surface area contributed by atoms with Gasteiger partial charge in [-0.15, -0.1) is 0 Å². The Hall–Kier alpha value is -1.58. The van der Waals surface area contributed by atoms with Gasteiger partial charge in [-0.25, -0.2) is 0 Å². The Bertz CT molecular complexity index is 492. The topological polar surface area (TPSA) is 52.4 Å². The first-order chi connectivity index (χ1) is 9.24. The molecule has 1 aromatic carbocycles. The third-order valence-electron chi connectivity index (χ3n) is 4.22. The Morgan fingerprint density at radius 2 is 1.74 bits per heavy atom. The van der Waals surface area contributed by atoms with Crippen molar-refractivity contribution < 1.29 is 9.66 Å². The van der Waals surface area contributed by atoms with Crippen molar-refractivity contribution in [2.24, 2.45) is 0 Å². The number of nitro benzene ring substituents is 1. The second-order valence-corrected chi connectivity index (χ2v) is 5.58. The molecule has 102 valence electrons. The maximum Gasteiger partial charge on any atom is 0.311 e. The number of ether oxygens (including phenoxy) is 1. The van der Waals surface area contributed by atoms with E-state index in [1.54, 1.807) is 6.07 Å². The molecule has 1 fully saturated rings. The predicted molar refractivity (Wildman–Crippen MR) is 72.6 cm³/mol. The van der Waals surface area contributed by atoms with Crippen LogP contribution in [0.2, 0.25) is 0 Å². The van der Waals surface area contributed by atoms with E-state index in [2.05, 4.69) is 0 Å². The van der Waals surface area contributed by atoms with E-state index in [9.17, 15) is 10.1 Å². The van der Waals surface area contributed by atoms with Crippen molar-refractivity contribution in [3.8, 4) is 5.75 Å². The number of hydrogen-bond donors (Lipinski definition) is 0. The minimum absolute atomic E-state index is 0.145. The van der Waals surface area contributed by atoms with Crippen molar-refractivity contribution in [2.45, 2.75) is 57.5 Å². The van der Waals surface area contributed by atoms with E-state index < -0.39 is 0 Å². The third-order valence-corrected chi connectivity index (χ3v) is 4.22. The number of nitro groups is 1. The van der Waals surface area contributed by atoms with E-state index >= 15 is 0 Å². The van der Waals surface area contributed by atoms with Gasteiger partial charge in [0.2, 0.25) is 0 Å². The molecular formula is C15H19NO3. The largest absolute Gasteiger partial charge is 0.483 e. The number of aryl methyl sites for hydroxylation is 2. The molecule has 0 N–H and O–H groups in total. The van der Waals surface area contributed by atoms with Crippen LogP contribution >= 0.6 is 0 Å². The lowest BCUT2D eigenvalue weighted by Crippen LogP contribution is -2.20. The highest BCUT2D eigenvalue weighted by atomic mass is 16.6. The molecule has 3 rings (SSSR count). The molecule has 0 heterocycles. The van der Waals surface area contributed by atoms with Crippen LogP contribution < -0.4 is 4.74 Å². The summed E-state index contributed by atoms with van der Waals surface area (Å²) < 4.78 is 5.93. The van der Waals surface area contributed by atoms with Gasteiger partial charge in [-0.2, -0.15) is 0 Å². The quantitative estimate of drug-likeness (QED) is 0.614. The van der Waals surface area contributed by atoms with Gasteiger partial charge in [0.25, 0.3) is 0 Å². The van der Waals surface area contributed by atoms with E-state index in [-0.39, 0.29) is 16.7 Å². The Balaban J connectivity index is 1.87. The highest BCUT2D eigenvalue weighted by molar-refractivity contribution is 5.53. The summed E-state index contributed by atoms with van der Waals surface area (Å²) in [7, 11) is 0. The Morgan fingerprint density at radius 3 is 2.42 bits per heavy atom. The van der Waals surface area contributed by atoms with Crippen LogP contribution in [0.3, 0.4) is 0 Å². The van der Waals surface area contributed by atoms with Gasteiger partial charge in [0.05, 0.1) is 11.0 Å². The van der Waals surface area contributed by atoms with E-state index in [1.165, 1.54) is 24.8 Å². The highest BCUT2D eigenvalue weighted by Gasteiger charge is 2.24. The molecule has 0 spiro atoms. The van der Waals surface area contributed by atoms with Crippen LogP contribution in [0.25, 0.3) is 0 Å². The van der Waals surface area contributed by atoms with Gasteiger partial charge in [-0.05, 0) is 62.1 Å². The van der Waals surface area contributed by atoms with Crippen molar-refractivity contribution in [3.05, 3.63) is 33.4 Å². The predicted octanol–water partition coefficient (Wildman–Crippen LogP) is 3.80. The van der Waals surface area contributed by atoms with Crippen LogP contribution in [0.4, 0.5) is 5.69 Å². The fraction of sp³-hybridized carbons (Fsp3) is 0.600. The zero-order valence-electron chi connectivity index (χ0n) is 11.1. The van der Waals surface area contributed by atoms with Crippen LogP contribution in [0.15, 0.2) is 12.1 Å². The summed E-state index contributed by atoms with van der Waals surface area (Å²) in [6, 6.07) is 3.63. The van der Waals surface area contributed by atoms with Gasteiger partial charge in [0.1, 0.15) is 0 Å². The Labute approximate surface area is 112 Å². The summed E-state index contributed by atoms with van der Waals surface area (Å²) in [6.45, 7) is 0. The molecule has 1 saturated carbocycles. The van der Waals surface area contributed by atoms with Gasteiger partial charge in [-0.1, -0.05) is 6.42 Å². The summed E-state index contributed by atoms with van der Waals surface area (Å²) in [5.41, 5.74) is 2.50. The maximum absolute atomic E-state index is 11.2. The van der Waals surface area contributed by atoms with Crippen LogP contribution in [0.5, 0.6) is 5.75 Å². The summed E-state index contributed by atoms with van der Waals surface area (Å²) >= 11 is 0. The first-order valence-electron chi connectivity index (χ1n) is 7.21. The van der Waals surface area contributed by atoms with Gasteiger partial charge in [-0.3, -0.25) is 10.1 Å². The Kier molecular flexibility index (Phi) is 3.40. The zero-order valence-corrected chi connectivity index (χ0v) is 11.1. The molecule has 4 heteroatoms. The molecule has 0 radical (unpaired) electrons. The number of rotatable bonds is 3. The van der Waals surface area contributed by atoms with Crippen LogP contribution in [0.1, 0.15) is 49.7 Å². The first-order valence-corrected chi connectivity index (χ1v) is 7.21. The van der Waals surface area contributed by atoms with Crippen molar-refractivity contribution in [1.82, 2.24) is 0 Å². The fourth-order valence-electron chi connectivity index (χ4n) is 3.19. The van der Waals surface area contributed by atoms with Crippen molar-refractivity contribution in [2.75, 3.05) is 0 Å². The molecule has 0 unspecified atom stereocenters. The fourth-order valence-corrected chi connectivity index (χ4v) is 3.19. The second-order valence-electron chi connectivity index (χ2n) is 5.58. The second kappa shape index (κ2) is 5.19. The highest BCUT2D eigenvalue weighted by Crippen LogP contribution is 2.36. The minimum atomic E-state index is -0.309. The average Bonchev–Trinajstić information content (AvgIpc) is 2.86. The molecule has 2 aliphatic rings. The van der Waals surface area contributed by atoms with E-state index in [0.717, 1.165) is 37.7 Å². The van der Waals surface area contributed by atoms with Gasteiger partial charge >= 0.3 is 5.69 Å². The monoisotopic (exact) mass is 261 g/mol.